The van der Waals surface area contributed by atoms with Crippen LogP contribution in [0.25, 0.3) is 0 Å². The summed E-state index contributed by atoms with van der Waals surface area (Å²) in [5, 5.41) is 3.57. The van der Waals surface area contributed by atoms with Gasteiger partial charge in [-0.1, -0.05) is 61.2 Å². The van der Waals surface area contributed by atoms with Crippen LogP contribution >= 0.6 is 15.9 Å². The van der Waals surface area contributed by atoms with E-state index in [-0.39, 0.29) is 5.60 Å². The summed E-state index contributed by atoms with van der Waals surface area (Å²) in [6.45, 7) is 6.09. The predicted molar refractivity (Wildman–Crippen MR) is 87.9 cm³/mol. The molecule has 0 atom stereocenters. The monoisotopic (exact) mass is 339 g/mol. The van der Waals surface area contributed by atoms with Crippen LogP contribution in [0, 0.1) is 0 Å². The summed E-state index contributed by atoms with van der Waals surface area (Å²) >= 11 is 3.47. The van der Waals surface area contributed by atoms with Crippen molar-refractivity contribution in [2.45, 2.75) is 64.2 Å². The first-order chi connectivity index (χ1) is 9.60. The lowest BCUT2D eigenvalue weighted by atomic mass is 9.84. The summed E-state index contributed by atoms with van der Waals surface area (Å²) in [5.41, 5.74) is 1.29. The Hall–Kier alpha value is -0.380. The highest BCUT2D eigenvalue weighted by atomic mass is 79.9. The van der Waals surface area contributed by atoms with E-state index >= 15 is 0 Å². The summed E-state index contributed by atoms with van der Waals surface area (Å²) < 4.78 is 7.49. The van der Waals surface area contributed by atoms with Crippen molar-refractivity contribution in [3.63, 3.8) is 0 Å². The minimum absolute atomic E-state index is 0.0373. The maximum atomic E-state index is 6.37. The number of hydrogen-bond donors (Lipinski definition) is 1. The zero-order valence-electron chi connectivity index (χ0n) is 12.6. The van der Waals surface area contributed by atoms with Gasteiger partial charge >= 0.3 is 0 Å². The average Bonchev–Trinajstić information content (AvgIpc) is 2.46. The topological polar surface area (TPSA) is 21.3 Å². The van der Waals surface area contributed by atoms with Gasteiger partial charge in [0.25, 0.3) is 0 Å². The Bertz CT molecular complexity index is 396. The van der Waals surface area contributed by atoms with Crippen molar-refractivity contribution in [1.29, 1.82) is 0 Å². The lowest BCUT2D eigenvalue weighted by Crippen LogP contribution is -2.46. The van der Waals surface area contributed by atoms with Gasteiger partial charge < -0.3 is 10.1 Å². The molecule has 0 spiro atoms. The fraction of sp³-hybridized carbons (Fsp3) is 0.647. The van der Waals surface area contributed by atoms with Crippen molar-refractivity contribution in [2.24, 2.45) is 0 Å². The van der Waals surface area contributed by atoms with E-state index in [0.29, 0.717) is 12.6 Å². The minimum Gasteiger partial charge on any atom is -0.369 e. The average molecular weight is 340 g/mol. The van der Waals surface area contributed by atoms with Crippen LogP contribution < -0.4 is 5.32 Å². The zero-order valence-corrected chi connectivity index (χ0v) is 14.2. The number of hydrogen-bond acceptors (Lipinski definition) is 2. The first-order valence-corrected chi connectivity index (χ1v) is 8.51. The second-order valence-electron chi connectivity index (χ2n) is 6.19. The Morgan fingerprint density at radius 2 is 1.80 bits per heavy atom. The lowest BCUT2D eigenvalue weighted by Gasteiger charge is -2.38. The molecule has 0 radical (unpaired) electrons. The van der Waals surface area contributed by atoms with Crippen molar-refractivity contribution in [2.75, 3.05) is 6.54 Å². The van der Waals surface area contributed by atoms with E-state index in [9.17, 15) is 0 Å². The standard InChI is InChI=1S/C17H26BrNO/c1-14(2)19-13-17(10-4-3-5-11-17)20-12-15-6-8-16(18)9-7-15/h6-9,14,19H,3-5,10-13H2,1-2H3. The Morgan fingerprint density at radius 1 is 1.15 bits per heavy atom. The van der Waals surface area contributed by atoms with Gasteiger partial charge in [0.2, 0.25) is 0 Å². The van der Waals surface area contributed by atoms with E-state index in [2.05, 4.69) is 59.4 Å². The van der Waals surface area contributed by atoms with Gasteiger partial charge in [-0.25, -0.2) is 0 Å². The largest absolute Gasteiger partial charge is 0.369 e. The first-order valence-electron chi connectivity index (χ1n) is 7.71. The van der Waals surface area contributed by atoms with Gasteiger partial charge in [-0.3, -0.25) is 0 Å². The summed E-state index contributed by atoms with van der Waals surface area (Å²) in [7, 11) is 0. The quantitative estimate of drug-likeness (QED) is 0.813. The molecule has 20 heavy (non-hydrogen) atoms. The van der Waals surface area contributed by atoms with Crippen LogP contribution in [-0.2, 0) is 11.3 Å². The van der Waals surface area contributed by atoms with Crippen LogP contribution in [0.3, 0.4) is 0 Å². The van der Waals surface area contributed by atoms with Crippen molar-refractivity contribution >= 4 is 15.9 Å². The number of benzene rings is 1. The maximum Gasteiger partial charge on any atom is 0.0810 e. The highest BCUT2D eigenvalue weighted by Gasteiger charge is 2.32. The van der Waals surface area contributed by atoms with Crippen molar-refractivity contribution in [3.05, 3.63) is 34.3 Å². The molecule has 1 aromatic carbocycles. The predicted octanol–water partition coefficient (Wildman–Crippen LogP) is 4.67. The van der Waals surface area contributed by atoms with E-state index in [0.717, 1.165) is 11.0 Å². The number of ether oxygens (including phenoxy) is 1. The second-order valence-corrected chi connectivity index (χ2v) is 7.11. The summed E-state index contributed by atoms with van der Waals surface area (Å²) in [6, 6.07) is 8.95. The molecular formula is C17H26BrNO. The van der Waals surface area contributed by atoms with E-state index in [1.807, 2.05) is 0 Å². The molecule has 0 aromatic heterocycles. The molecule has 112 valence electrons. The summed E-state index contributed by atoms with van der Waals surface area (Å²) in [5.74, 6) is 0. The van der Waals surface area contributed by atoms with Crippen LogP contribution in [-0.4, -0.2) is 18.2 Å². The van der Waals surface area contributed by atoms with Crippen LogP contribution in [0.1, 0.15) is 51.5 Å². The van der Waals surface area contributed by atoms with Crippen molar-refractivity contribution in [1.82, 2.24) is 5.32 Å². The molecule has 0 heterocycles. The lowest BCUT2D eigenvalue weighted by molar-refractivity contribution is -0.0794. The summed E-state index contributed by atoms with van der Waals surface area (Å²) in [4.78, 5) is 0. The summed E-state index contributed by atoms with van der Waals surface area (Å²) in [6.07, 6.45) is 6.30. The molecular weight excluding hydrogens is 314 g/mol. The molecule has 0 amide bonds. The minimum atomic E-state index is 0.0373. The first kappa shape index (κ1) is 16.0. The van der Waals surface area contributed by atoms with Crippen molar-refractivity contribution < 1.29 is 4.74 Å². The van der Waals surface area contributed by atoms with Gasteiger partial charge in [0.1, 0.15) is 0 Å². The van der Waals surface area contributed by atoms with Gasteiger partial charge in [0.05, 0.1) is 12.2 Å². The van der Waals surface area contributed by atoms with E-state index < -0.39 is 0 Å². The second kappa shape index (κ2) is 7.58. The third-order valence-corrected chi connectivity index (χ3v) is 4.58. The fourth-order valence-corrected chi connectivity index (χ4v) is 3.04. The molecule has 1 N–H and O–H groups in total. The third kappa shape index (κ3) is 4.87. The van der Waals surface area contributed by atoms with Gasteiger partial charge in [-0.05, 0) is 30.5 Å². The molecule has 0 bridgehead atoms. The van der Waals surface area contributed by atoms with Gasteiger partial charge in [-0.15, -0.1) is 0 Å². The fourth-order valence-electron chi connectivity index (χ4n) is 2.78. The highest BCUT2D eigenvalue weighted by Crippen LogP contribution is 2.32. The van der Waals surface area contributed by atoms with Crippen LogP contribution in [0.2, 0.25) is 0 Å². The number of rotatable bonds is 6. The number of halogens is 1. The normalized spacial score (nSPS) is 18.4. The van der Waals surface area contributed by atoms with E-state index in [1.54, 1.807) is 0 Å². The molecule has 2 nitrogen and oxygen atoms in total. The zero-order chi connectivity index (χ0) is 14.4. The van der Waals surface area contributed by atoms with Crippen LogP contribution in [0.15, 0.2) is 28.7 Å². The molecule has 3 heteroatoms. The van der Waals surface area contributed by atoms with Gasteiger partial charge in [0.15, 0.2) is 0 Å². The van der Waals surface area contributed by atoms with E-state index in [4.69, 9.17) is 4.74 Å². The van der Waals surface area contributed by atoms with Crippen molar-refractivity contribution in [3.8, 4) is 0 Å². The molecule has 1 saturated carbocycles. The van der Waals surface area contributed by atoms with Crippen LogP contribution in [0.4, 0.5) is 0 Å². The maximum absolute atomic E-state index is 6.37. The molecule has 1 fully saturated rings. The van der Waals surface area contributed by atoms with Crippen LogP contribution in [0.5, 0.6) is 0 Å². The van der Waals surface area contributed by atoms with Gasteiger partial charge in [-0.2, -0.15) is 0 Å². The Balaban J connectivity index is 1.94. The van der Waals surface area contributed by atoms with Gasteiger partial charge in [0, 0.05) is 17.1 Å². The number of nitrogens with one attached hydrogen (secondary N) is 1. The molecule has 0 unspecified atom stereocenters. The highest BCUT2D eigenvalue weighted by molar-refractivity contribution is 9.10. The molecule has 1 aliphatic rings. The molecule has 1 aromatic rings. The molecule has 2 rings (SSSR count). The smallest absolute Gasteiger partial charge is 0.0810 e. The molecule has 0 aliphatic heterocycles. The molecule has 1 aliphatic carbocycles. The van der Waals surface area contributed by atoms with E-state index in [1.165, 1.54) is 37.7 Å². The molecule has 0 saturated heterocycles. The Morgan fingerprint density at radius 3 is 2.40 bits per heavy atom. The Labute approximate surface area is 131 Å². The Kier molecular flexibility index (Phi) is 6.06. The third-order valence-electron chi connectivity index (χ3n) is 4.06. The SMILES string of the molecule is CC(C)NCC1(OCc2ccc(Br)cc2)CCCCC1.